The van der Waals surface area contributed by atoms with Crippen molar-refractivity contribution in [2.45, 2.75) is 13.0 Å². The lowest BCUT2D eigenvalue weighted by Crippen LogP contribution is -2.10. The molecule has 0 saturated heterocycles. The summed E-state index contributed by atoms with van der Waals surface area (Å²) in [7, 11) is 0. The molecule has 1 atom stereocenters. The second-order valence-corrected chi connectivity index (χ2v) is 4.20. The molecule has 0 aliphatic heterocycles. The second kappa shape index (κ2) is 4.24. The van der Waals surface area contributed by atoms with Crippen LogP contribution in [0.1, 0.15) is 29.1 Å². The van der Waals surface area contributed by atoms with Crippen molar-refractivity contribution in [2.24, 2.45) is 0 Å². The van der Waals surface area contributed by atoms with E-state index in [1.165, 1.54) is 0 Å². The molecule has 0 radical (unpaired) electrons. The van der Waals surface area contributed by atoms with E-state index >= 15 is 0 Å². The molecule has 1 unspecified atom stereocenters. The molecule has 0 aliphatic carbocycles. The van der Waals surface area contributed by atoms with E-state index in [0.717, 1.165) is 0 Å². The Morgan fingerprint density at radius 3 is 2.89 bits per heavy atom. The maximum Gasteiger partial charge on any atom is 0.337 e. The molecule has 6 heteroatoms. The molecule has 6 nitrogen and oxygen atoms in total. The first-order valence-electron chi connectivity index (χ1n) is 5.79. The fourth-order valence-electron chi connectivity index (χ4n) is 2.09. The molecule has 1 N–H and O–H groups in total. The van der Waals surface area contributed by atoms with Gasteiger partial charge in [-0.2, -0.15) is 0 Å². The number of para-hydroxylation sites is 1. The summed E-state index contributed by atoms with van der Waals surface area (Å²) in [5.74, 6) is -0.298. The van der Waals surface area contributed by atoms with Crippen molar-refractivity contribution in [1.29, 1.82) is 0 Å². The van der Waals surface area contributed by atoms with Crippen LogP contribution in [0.2, 0.25) is 0 Å². The zero-order chi connectivity index (χ0) is 13.4. The Balaban J connectivity index is 2.22. The molecule has 2 aromatic heterocycles. The molecule has 0 spiro atoms. The Kier molecular flexibility index (Phi) is 2.56. The highest BCUT2D eigenvalue weighted by molar-refractivity contribution is 6.00. The maximum absolute atomic E-state index is 11.3. The first-order valence-corrected chi connectivity index (χ1v) is 5.79. The van der Waals surface area contributed by atoms with Gasteiger partial charge in [-0.1, -0.05) is 11.3 Å². The number of furan rings is 1. The Morgan fingerprint density at radius 1 is 1.37 bits per heavy atom. The number of rotatable bonds is 3. The molecule has 2 heterocycles. The first kappa shape index (κ1) is 11.5. The minimum absolute atomic E-state index is 0.181. The van der Waals surface area contributed by atoms with E-state index in [2.05, 4.69) is 10.3 Å². The molecule has 96 valence electrons. The molecule has 0 fully saturated rings. The van der Waals surface area contributed by atoms with Gasteiger partial charge in [0.05, 0.1) is 11.8 Å². The molecule has 3 aromatic rings. The van der Waals surface area contributed by atoms with Crippen LogP contribution in [0, 0.1) is 0 Å². The predicted octanol–water partition coefficient (Wildman–Crippen LogP) is 2.33. The van der Waals surface area contributed by atoms with E-state index in [-0.39, 0.29) is 11.6 Å². The van der Waals surface area contributed by atoms with E-state index in [9.17, 15) is 9.90 Å². The molecule has 0 amide bonds. The molecular weight excluding hydrogens is 246 g/mol. The van der Waals surface area contributed by atoms with Crippen LogP contribution >= 0.6 is 0 Å². The molecule has 0 saturated carbocycles. The third-order valence-electron chi connectivity index (χ3n) is 3.04. The van der Waals surface area contributed by atoms with Gasteiger partial charge in [0, 0.05) is 0 Å². The third kappa shape index (κ3) is 1.77. The van der Waals surface area contributed by atoms with Crippen LogP contribution in [0.25, 0.3) is 11.0 Å². The lowest BCUT2D eigenvalue weighted by atomic mass is 10.1. The number of hydrogen-bond acceptors (Lipinski definition) is 4. The number of carboxylic acid groups (broad SMARTS) is 1. The summed E-state index contributed by atoms with van der Waals surface area (Å²) in [4.78, 5) is 11.3. The fraction of sp³-hybridized carbons (Fsp3) is 0.154. The van der Waals surface area contributed by atoms with E-state index in [4.69, 9.17) is 4.42 Å². The fourth-order valence-corrected chi connectivity index (χ4v) is 2.09. The summed E-state index contributed by atoms with van der Waals surface area (Å²) >= 11 is 0. The SMILES string of the molecule is CC(c1ccco1)n1nnc2cccc(C(=O)O)c21. The van der Waals surface area contributed by atoms with E-state index < -0.39 is 5.97 Å². The van der Waals surface area contributed by atoms with E-state index in [0.29, 0.717) is 16.8 Å². The van der Waals surface area contributed by atoms with Gasteiger partial charge < -0.3 is 9.52 Å². The van der Waals surface area contributed by atoms with E-state index in [1.807, 2.05) is 13.0 Å². The van der Waals surface area contributed by atoms with Crippen LogP contribution < -0.4 is 0 Å². The van der Waals surface area contributed by atoms with Gasteiger partial charge in [0.15, 0.2) is 0 Å². The highest BCUT2D eigenvalue weighted by atomic mass is 16.4. The number of hydrogen-bond donors (Lipinski definition) is 1. The van der Waals surface area contributed by atoms with Crippen molar-refractivity contribution in [1.82, 2.24) is 15.0 Å². The van der Waals surface area contributed by atoms with E-state index in [1.54, 1.807) is 35.2 Å². The quantitative estimate of drug-likeness (QED) is 0.778. The molecule has 0 aliphatic rings. The summed E-state index contributed by atoms with van der Waals surface area (Å²) in [6, 6.07) is 8.31. The lowest BCUT2D eigenvalue weighted by molar-refractivity contribution is 0.0698. The molecule has 1 aromatic carbocycles. The van der Waals surface area contributed by atoms with Crippen molar-refractivity contribution in [3.05, 3.63) is 47.9 Å². The number of fused-ring (bicyclic) bond motifs is 1. The van der Waals surface area contributed by atoms with Crippen LogP contribution in [0.4, 0.5) is 0 Å². The van der Waals surface area contributed by atoms with Crippen molar-refractivity contribution >= 4 is 17.0 Å². The monoisotopic (exact) mass is 257 g/mol. The summed E-state index contributed by atoms with van der Waals surface area (Å²) in [6.07, 6.45) is 1.57. The van der Waals surface area contributed by atoms with Gasteiger partial charge in [0.1, 0.15) is 22.8 Å². The average molecular weight is 257 g/mol. The largest absolute Gasteiger partial charge is 0.478 e. The summed E-state index contributed by atoms with van der Waals surface area (Å²) in [5, 5.41) is 17.3. The Hall–Kier alpha value is -2.63. The summed E-state index contributed by atoms with van der Waals surface area (Å²) in [5.41, 5.74) is 1.23. The minimum Gasteiger partial charge on any atom is -0.478 e. The second-order valence-electron chi connectivity index (χ2n) is 4.20. The van der Waals surface area contributed by atoms with Gasteiger partial charge in [-0.3, -0.25) is 0 Å². The zero-order valence-corrected chi connectivity index (χ0v) is 10.1. The molecule has 3 rings (SSSR count). The number of carbonyl (C=O) groups is 1. The summed E-state index contributed by atoms with van der Waals surface area (Å²) in [6.45, 7) is 1.88. The maximum atomic E-state index is 11.3. The molecule has 0 bridgehead atoms. The number of nitrogens with zero attached hydrogens (tertiary/aromatic N) is 3. The third-order valence-corrected chi connectivity index (χ3v) is 3.04. The first-order chi connectivity index (χ1) is 9.18. The zero-order valence-electron chi connectivity index (χ0n) is 10.1. The Morgan fingerprint density at radius 2 is 2.21 bits per heavy atom. The number of benzene rings is 1. The minimum atomic E-state index is -0.999. The van der Waals surface area contributed by atoms with Crippen LogP contribution in [0.5, 0.6) is 0 Å². The van der Waals surface area contributed by atoms with Gasteiger partial charge in [-0.05, 0) is 31.2 Å². The van der Waals surface area contributed by atoms with Gasteiger partial charge in [0.25, 0.3) is 0 Å². The number of aromatic nitrogens is 3. The highest BCUT2D eigenvalue weighted by Crippen LogP contribution is 2.24. The van der Waals surface area contributed by atoms with Gasteiger partial charge in [0.2, 0.25) is 0 Å². The lowest BCUT2D eigenvalue weighted by Gasteiger charge is -2.10. The van der Waals surface area contributed by atoms with Crippen molar-refractivity contribution in [3.8, 4) is 0 Å². The normalized spacial score (nSPS) is 12.7. The van der Waals surface area contributed by atoms with Crippen LogP contribution in [0.15, 0.2) is 41.0 Å². The van der Waals surface area contributed by atoms with Crippen LogP contribution in [-0.4, -0.2) is 26.1 Å². The molecule has 19 heavy (non-hydrogen) atoms. The van der Waals surface area contributed by atoms with Gasteiger partial charge in [-0.25, -0.2) is 9.48 Å². The smallest absolute Gasteiger partial charge is 0.337 e. The van der Waals surface area contributed by atoms with Crippen LogP contribution in [0.3, 0.4) is 0 Å². The molecular formula is C13H11N3O3. The Labute approximate surface area is 108 Å². The topological polar surface area (TPSA) is 81.2 Å². The van der Waals surface area contributed by atoms with Crippen LogP contribution in [-0.2, 0) is 0 Å². The predicted molar refractivity (Wildman–Crippen MR) is 67.0 cm³/mol. The van der Waals surface area contributed by atoms with Crippen molar-refractivity contribution in [2.75, 3.05) is 0 Å². The highest BCUT2D eigenvalue weighted by Gasteiger charge is 2.20. The Bertz CT molecular complexity index is 731. The van der Waals surface area contributed by atoms with Crippen molar-refractivity contribution in [3.63, 3.8) is 0 Å². The average Bonchev–Trinajstić information content (AvgIpc) is 3.06. The standard InChI is InChI=1S/C13H11N3O3/c1-8(11-6-3-7-19-11)16-12-9(13(17)18)4-2-5-10(12)14-15-16/h2-8H,1H3,(H,17,18). The number of carboxylic acids is 1. The van der Waals surface area contributed by atoms with Crippen molar-refractivity contribution < 1.29 is 14.3 Å². The summed E-state index contributed by atoms with van der Waals surface area (Å²) < 4.78 is 6.90. The van der Waals surface area contributed by atoms with Gasteiger partial charge in [-0.15, -0.1) is 5.10 Å². The van der Waals surface area contributed by atoms with Gasteiger partial charge >= 0.3 is 5.97 Å². The number of aromatic carboxylic acids is 1.